The molecule has 0 amide bonds. The molecule has 41 heavy (non-hydrogen) atoms. The molecule has 0 aliphatic carbocycles. The number of rotatable bonds is 26. The van der Waals surface area contributed by atoms with Gasteiger partial charge >= 0.3 is 11.9 Å². The number of aliphatic carboxylic acids is 1. The molecule has 0 aromatic carbocycles. The van der Waals surface area contributed by atoms with E-state index in [-0.39, 0.29) is 43.1 Å². The van der Waals surface area contributed by atoms with E-state index < -0.39 is 24.1 Å². The van der Waals surface area contributed by atoms with E-state index in [4.69, 9.17) is 14.2 Å². The molecular weight excluding hydrogens is 522 g/mol. The van der Waals surface area contributed by atoms with E-state index in [1.54, 1.807) is 27.2 Å². The van der Waals surface area contributed by atoms with Crippen molar-refractivity contribution in [3.63, 3.8) is 0 Å². The molecular formula is C33H57NO7. The van der Waals surface area contributed by atoms with Crippen molar-refractivity contribution in [2.75, 3.05) is 41.0 Å². The number of carbonyl (C=O) groups excluding carboxylic acids is 3. The zero-order valence-corrected chi connectivity index (χ0v) is 26.4. The van der Waals surface area contributed by atoms with Crippen molar-refractivity contribution in [1.82, 2.24) is 0 Å². The van der Waals surface area contributed by atoms with Gasteiger partial charge in [0.2, 0.25) is 0 Å². The van der Waals surface area contributed by atoms with Gasteiger partial charge in [-0.15, -0.1) is 0 Å². The van der Waals surface area contributed by atoms with E-state index in [9.17, 15) is 19.5 Å². The highest BCUT2D eigenvalue weighted by atomic mass is 16.6. The van der Waals surface area contributed by atoms with Crippen LogP contribution in [0.3, 0.4) is 0 Å². The summed E-state index contributed by atoms with van der Waals surface area (Å²) in [7, 11) is 5.34. The summed E-state index contributed by atoms with van der Waals surface area (Å²) in [6.45, 7) is 4.35. The Bertz CT molecular complexity index is 783. The van der Waals surface area contributed by atoms with Gasteiger partial charge in [-0.05, 0) is 25.7 Å². The van der Waals surface area contributed by atoms with Gasteiger partial charge in [0, 0.05) is 12.8 Å². The lowest BCUT2D eigenvalue weighted by Gasteiger charge is -2.34. The molecule has 0 bridgehead atoms. The minimum absolute atomic E-state index is 0.00538. The van der Waals surface area contributed by atoms with Crippen molar-refractivity contribution in [3.05, 3.63) is 36.5 Å². The second kappa shape index (κ2) is 25.3. The number of nitrogens with zero attached hydrogens (tertiary/aromatic N) is 1. The minimum Gasteiger partial charge on any atom is -0.544 e. The van der Waals surface area contributed by atoms with Crippen LogP contribution in [0.2, 0.25) is 0 Å². The van der Waals surface area contributed by atoms with E-state index in [1.807, 2.05) is 12.2 Å². The number of esters is 2. The van der Waals surface area contributed by atoms with Gasteiger partial charge in [-0.3, -0.25) is 9.59 Å². The average Bonchev–Trinajstić information content (AvgIpc) is 2.91. The van der Waals surface area contributed by atoms with Gasteiger partial charge < -0.3 is 28.6 Å². The lowest BCUT2D eigenvalue weighted by atomic mass is 10.1. The van der Waals surface area contributed by atoms with Gasteiger partial charge in [-0.25, -0.2) is 0 Å². The molecule has 0 fully saturated rings. The fourth-order valence-corrected chi connectivity index (χ4v) is 4.13. The summed E-state index contributed by atoms with van der Waals surface area (Å²) >= 11 is 0. The SMILES string of the molecule is CC/C=C/C/C=C/C/C=C/CC(=O)OC(COCCC(C(=O)[O-])[N+](C)(C)C)COC(=O)CCCCCCCCCC. The predicted molar refractivity (Wildman–Crippen MR) is 162 cm³/mol. The van der Waals surface area contributed by atoms with E-state index in [2.05, 4.69) is 32.1 Å². The van der Waals surface area contributed by atoms with Crippen molar-refractivity contribution in [1.29, 1.82) is 0 Å². The van der Waals surface area contributed by atoms with Gasteiger partial charge in [0.15, 0.2) is 6.10 Å². The predicted octanol–water partition coefficient (Wildman–Crippen LogP) is 5.45. The molecule has 2 unspecified atom stereocenters. The normalized spacial score (nSPS) is 13.7. The monoisotopic (exact) mass is 579 g/mol. The average molecular weight is 580 g/mol. The van der Waals surface area contributed by atoms with Gasteiger partial charge in [0.05, 0.1) is 46.7 Å². The summed E-state index contributed by atoms with van der Waals surface area (Å²) in [5.41, 5.74) is 0. The van der Waals surface area contributed by atoms with Crippen molar-refractivity contribution in [2.45, 2.75) is 116 Å². The van der Waals surface area contributed by atoms with E-state index in [0.29, 0.717) is 6.42 Å². The molecule has 0 saturated carbocycles. The molecule has 8 heteroatoms. The number of carbonyl (C=O) groups is 3. The quantitative estimate of drug-likeness (QED) is 0.0581. The van der Waals surface area contributed by atoms with Gasteiger partial charge in [0.1, 0.15) is 12.6 Å². The molecule has 236 valence electrons. The Morgan fingerprint density at radius 3 is 1.93 bits per heavy atom. The fraction of sp³-hybridized carbons (Fsp3) is 0.727. The molecule has 0 aromatic heterocycles. The number of unbranched alkanes of at least 4 members (excludes halogenated alkanes) is 7. The molecule has 0 radical (unpaired) electrons. The first-order valence-electron chi connectivity index (χ1n) is 15.5. The lowest BCUT2D eigenvalue weighted by Crippen LogP contribution is -2.55. The van der Waals surface area contributed by atoms with E-state index in [0.717, 1.165) is 38.5 Å². The van der Waals surface area contributed by atoms with Crippen molar-refractivity contribution >= 4 is 17.9 Å². The first kappa shape index (κ1) is 38.5. The Hall–Kier alpha value is -2.45. The highest BCUT2D eigenvalue weighted by Crippen LogP contribution is 2.11. The Kier molecular flexibility index (Phi) is 23.8. The fourth-order valence-electron chi connectivity index (χ4n) is 4.13. The van der Waals surface area contributed by atoms with Crippen molar-refractivity contribution in [2.24, 2.45) is 0 Å². The maximum Gasteiger partial charge on any atom is 0.310 e. The van der Waals surface area contributed by atoms with Gasteiger partial charge in [0.25, 0.3) is 0 Å². The topological polar surface area (TPSA) is 102 Å². The summed E-state index contributed by atoms with van der Waals surface area (Å²) in [6, 6.07) is -0.734. The number of carboxylic acids is 1. The molecule has 0 rings (SSSR count). The van der Waals surface area contributed by atoms with Crippen LogP contribution in [0.25, 0.3) is 0 Å². The Balaban J connectivity index is 4.66. The first-order valence-corrected chi connectivity index (χ1v) is 15.5. The van der Waals surface area contributed by atoms with Crippen molar-refractivity contribution < 1.29 is 38.2 Å². The Labute approximate surface area is 249 Å². The van der Waals surface area contributed by atoms with Crippen LogP contribution in [-0.2, 0) is 28.6 Å². The van der Waals surface area contributed by atoms with Gasteiger partial charge in [-0.1, -0.05) is 95.2 Å². The minimum atomic E-state index is -1.14. The number of quaternary nitrogens is 1. The molecule has 2 atom stereocenters. The summed E-state index contributed by atoms with van der Waals surface area (Å²) in [4.78, 5) is 36.2. The summed E-state index contributed by atoms with van der Waals surface area (Å²) in [5, 5.41) is 11.5. The second-order valence-corrected chi connectivity index (χ2v) is 11.3. The van der Waals surface area contributed by atoms with Crippen LogP contribution in [0.4, 0.5) is 0 Å². The number of allylic oxidation sites excluding steroid dienone is 5. The number of hydrogen-bond acceptors (Lipinski definition) is 7. The van der Waals surface area contributed by atoms with E-state index in [1.165, 1.54) is 32.1 Å². The summed E-state index contributed by atoms with van der Waals surface area (Å²) in [6.07, 6.45) is 23.7. The number of carboxylic acid groups (broad SMARTS) is 1. The molecule has 0 aliphatic rings. The molecule has 0 N–H and O–H groups in total. The van der Waals surface area contributed by atoms with Crippen LogP contribution in [0, 0.1) is 0 Å². The Morgan fingerprint density at radius 2 is 1.34 bits per heavy atom. The molecule has 0 heterocycles. The van der Waals surface area contributed by atoms with Crippen molar-refractivity contribution in [3.8, 4) is 0 Å². The number of ether oxygens (including phenoxy) is 3. The van der Waals surface area contributed by atoms with Crippen LogP contribution in [0.15, 0.2) is 36.5 Å². The lowest BCUT2D eigenvalue weighted by molar-refractivity contribution is -0.889. The smallest absolute Gasteiger partial charge is 0.310 e. The number of likely N-dealkylation sites (N-methyl/N-ethyl adjacent to an activating group) is 1. The van der Waals surface area contributed by atoms with Crippen LogP contribution in [-0.4, -0.2) is 75.5 Å². The first-order chi connectivity index (χ1) is 19.6. The molecule has 0 saturated heterocycles. The standard InChI is InChI=1S/C33H57NO7/c1-6-8-10-12-14-16-18-20-22-24-32(36)41-29(27-39-26-25-30(33(37)38)34(3,4)5)28-40-31(35)23-21-19-17-15-13-11-9-7-2/h8,10,14,16,20,22,29-30H,6-7,9,11-13,15,17-19,21,23-28H2,1-5H3/b10-8+,16-14+,22-20+. The Morgan fingerprint density at radius 1 is 0.756 bits per heavy atom. The van der Waals surface area contributed by atoms with Crippen LogP contribution in [0.5, 0.6) is 0 Å². The maximum absolute atomic E-state index is 12.4. The third kappa shape index (κ3) is 23.9. The third-order valence-corrected chi connectivity index (χ3v) is 6.57. The molecule has 0 spiro atoms. The molecule has 0 aromatic rings. The zero-order valence-electron chi connectivity index (χ0n) is 26.4. The zero-order chi connectivity index (χ0) is 30.8. The van der Waals surface area contributed by atoms with Crippen LogP contribution < -0.4 is 5.11 Å². The summed E-state index contributed by atoms with van der Waals surface area (Å²) < 4.78 is 16.8. The highest BCUT2D eigenvalue weighted by Gasteiger charge is 2.25. The summed E-state index contributed by atoms with van der Waals surface area (Å²) in [5.74, 6) is -1.90. The maximum atomic E-state index is 12.4. The van der Waals surface area contributed by atoms with Gasteiger partial charge in [-0.2, -0.15) is 0 Å². The van der Waals surface area contributed by atoms with E-state index >= 15 is 0 Å². The third-order valence-electron chi connectivity index (χ3n) is 6.57. The molecule has 0 aliphatic heterocycles. The second-order valence-electron chi connectivity index (χ2n) is 11.3. The largest absolute Gasteiger partial charge is 0.544 e. The number of hydrogen-bond donors (Lipinski definition) is 0. The van der Waals surface area contributed by atoms with Crippen LogP contribution >= 0.6 is 0 Å². The van der Waals surface area contributed by atoms with Crippen LogP contribution in [0.1, 0.15) is 104 Å². The molecule has 8 nitrogen and oxygen atoms in total. The highest BCUT2D eigenvalue weighted by molar-refractivity contribution is 5.71.